The first-order valence-corrected chi connectivity index (χ1v) is 9.94. The Kier molecular flexibility index (Phi) is 5.35. The van der Waals surface area contributed by atoms with Crippen LogP contribution in [-0.2, 0) is 4.79 Å². The van der Waals surface area contributed by atoms with Crippen LogP contribution in [0.2, 0.25) is 0 Å². The van der Waals surface area contributed by atoms with Gasteiger partial charge in [-0.2, -0.15) is 5.10 Å². The zero-order valence-electron chi connectivity index (χ0n) is 16.0. The van der Waals surface area contributed by atoms with Crippen molar-refractivity contribution in [2.24, 2.45) is 5.10 Å². The molecule has 0 N–H and O–H groups in total. The number of rotatable bonds is 4. The van der Waals surface area contributed by atoms with Crippen molar-refractivity contribution in [1.82, 2.24) is 9.91 Å². The third kappa shape index (κ3) is 4.11. The fraction of sp³-hybridized carbons (Fsp3) is 0.391. The number of hydrogen-bond donors (Lipinski definition) is 0. The molecule has 2 aromatic rings. The van der Waals surface area contributed by atoms with Crippen LogP contribution < -0.4 is 0 Å². The van der Waals surface area contributed by atoms with Crippen molar-refractivity contribution < 1.29 is 4.79 Å². The zero-order chi connectivity index (χ0) is 18.6. The van der Waals surface area contributed by atoms with Crippen LogP contribution in [0, 0.1) is 6.92 Å². The summed E-state index contributed by atoms with van der Waals surface area (Å²) in [5.41, 5.74) is 4.48. The van der Waals surface area contributed by atoms with Gasteiger partial charge in [0.15, 0.2) is 0 Å². The third-order valence-corrected chi connectivity index (χ3v) is 5.54. The molecular formula is C23H27N3O. The molecule has 0 aliphatic carbocycles. The molecule has 2 aliphatic rings. The number of amides is 1. The number of likely N-dealkylation sites (tertiary alicyclic amines) is 1. The van der Waals surface area contributed by atoms with E-state index >= 15 is 0 Å². The maximum Gasteiger partial charge on any atom is 0.257 e. The number of piperidine rings is 1. The predicted molar refractivity (Wildman–Crippen MR) is 109 cm³/mol. The Morgan fingerprint density at radius 1 is 1.00 bits per heavy atom. The molecule has 1 saturated heterocycles. The predicted octanol–water partition coefficient (Wildman–Crippen LogP) is 4.16. The number of aryl methyl sites for hydroxylation is 1. The number of hydrogen-bond acceptors (Lipinski definition) is 3. The molecule has 1 fully saturated rings. The number of carbonyl (C=O) groups is 1. The Morgan fingerprint density at radius 2 is 1.70 bits per heavy atom. The van der Waals surface area contributed by atoms with E-state index in [0.29, 0.717) is 6.54 Å². The lowest BCUT2D eigenvalue weighted by Crippen LogP contribution is -2.40. The molecule has 0 spiro atoms. The highest BCUT2D eigenvalue weighted by molar-refractivity contribution is 6.03. The molecule has 4 rings (SSSR count). The van der Waals surface area contributed by atoms with E-state index in [1.165, 1.54) is 24.8 Å². The van der Waals surface area contributed by atoms with Crippen molar-refractivity contribution in [2.45, 2.75) is 38.6 Å². The number of hydrazone groups is 1. The average molecular weight is 361 g/mol. The summed E-state index contributed by atoms with van der Waals surface area (Å²) in [7, 11) is 0. The molecule has 0 aromatic heterocycles. The van der Waals surface area contributed by atoms with Gasteiger partial charge in [-0.15, -0.1) is 0 Å². The fourth-order valence-electron chi connectivity index (χ4n) is 3.97. The fourth-order valence-corrected chi connectivity index (χ4v) is 3.97. The van der Waals surface area contributed by atoms with Crippen LogP contribution in [0.4, 0.5) is 0 Å². The molecule has 2 aliphatic heterocycles. The first-order chi connectivity index (χ1) is 13.2. The summed E-state index contributed by atoms with van der Waals surface area (Å²) >= 11 is 0. The normalized spacial score (nSPS) is 20.6. The van der Waals surface area contributed by atoms with Gasteiger partial charge in [0.05, 0.1) is 18.3 Å². The van der Waals surface area contributed by atoms with Crippen LogP contribution in [-0.4, -0.2) is 41.2 Å². The van der Waals surface area contributed by atoms with E-state index in [2.05, 4.69) is 48.2 Å². The molecule has 1 atom stereocenters. The molecule has 140 valence electrons. The average Bonchev–Trinajstić information content (AvgIpc) is 3.16. The van der Waals surface area contributed by atoms with Crippen LogP contribution in [0.3, 0.4) is 0 Å². The Bertz CT molecular complexity index is 807. The molecule has 4 nitrogen and oxygen atoms in total. The Hall–Kier alpha value is -2.46. The summed E-state index contributed by atoms with van der Waals surface area (Å²) in [6.45, 7) is 4.59. The Morgan fingerprint density at radius 3 is 2.41 bits per heavy atom. The van der Waals surface area contributed by atoms with Crippen LogP contribution in [0.25, 0.3) is 0 Å². The topological polar surface area (TPSA) is 35.9 Å². The van der Waals surface area contributed by atoms with Crippen molar-refractivity contribution in [1.29, 1.82) is 0 Å². The van der Waals surface area contributed by atoms with Crippen molar-refractivity contribution in [3.63, 3.8) is 0 Å². The van der Waals surface area contributed by atoms with E-state index in [9.17, 15) is 4.79 Å². The second-order valence-corrected chi connectivity index (χ2v) is 7.62. The summed E-state index contributed by atoms with van der Waals surface area (Å²) < 4.78 is 0. The quantitative estimate of drug-likeness (QED) is 0.820. The lowest BCUT2D eigenvalue weighted by Gasteiger charge is -2.29. The summed E-state index contributed by atoms with van der Waals surface area (Å²) in [5.74, 6) is 0.105. The number of nitrogens with zero attached hydrogens (tertiary/aromatic N) is 3. The van der Waals surface area contributed by atoms with Gasteiger partial charge in [0.1, 0.15) is 0 Å². The lowest BCUT2D eigenvalue weighted by atomic mass is 9.97. The summed E-state index contributed by atoms with van der Waals surface area (Å²) in [6.07, 6.45) is 4.41. The third-order valence-electron chi connectivity index (χ3n) is 5.54. The molecule has 4 heteroatoms. The van der Waals surface area contributed by atoms with E-state index in [1.807, 2.05) is 18.2 Å². The largest absolute Gasteiger partial charge is 0.294 e. The van der Waals surface area contributed by atoms with Gasteiger partial charge in [-0.05, 0) is 44.0 Å². The van der Waals surface area contributed by atoms with Gasteiger partial charge in [0.25, 0.3) is 5.91 Å². The zero-order valence-corrected chi connectivity index (χ0v) is 16.0. The first-order valence-electron chi connectivity index (χ1n) is 9.94. The van der Waals surface area contributed by atoms with Gasteiger partial charge in [-0.1, -0.05) is 66.6 Å². The maximum atomic E-state index is 13.1. The summed E-state index contributed by atoms with van der Waals surface area (Å²) in [6, 6.07) is 18.7. The second kappa shape index (κ2) is 8.05. The van der Waals surface area contributed by atoms with Gasteiger partial charge in [0, 0.05) is 6.42 Å². The van der Waals surface area contributed by atoms with Gasteiger partial charge in [-0.3, -0.25) is 9.69 Å². The smallest absolute Gasteiger partial charge is 0.257 e. The standard InChI is InChI=1S/C23H27N3O/c1-18-10-12-20(13-11-18)22-16-21(19-8-4-2-5-9-19)24-26(22)23(27)17-25-14-6-3-7-15-25/h2,4-5,8-13,22H,3,6-7,14-17H2,1H3/t22-/m1/s1. The summed E-state index contributed by atoms with van der Waals surface area (Å²) in [5, 5.41) is 6.52. The SMILES string of the molecule is Cc1ccc([C@H]2CC(c3ccccc3)=NN2C(=O)CN2CCCCC2)cc1. The highest BCUT2D eigenvalue weighted by Gasteiger charge is 2.33. The van der Waals surface area contributed by atoms with Gasteiger partial charge in [-0.25, -0.2) is 5.01 Å². The minimum atomic E-state index is -0.0157. The summed E-state index contributed by atoms with van der Waals surface area (Å²) in [4.78, 5) is 15.4. The molecule has 2 heterocycles. The second-order valence-electron chi connectivity index (χ2n) is 7.62. The molecule has 0 unspecified atom stereocenters. The first kappa shape index (κ1) is 17.9. The Labute approximate surface area is 161 Å². The van der Waals surface area contributed by atoms with E-state index in [-0.39, 0.29) is 11.9 Å². The number of carbonyl (C=O) groups excluding carboxylic acids is 1. The van der Waals surface area contributed by atoms with E-state index in [4.69, 9.17) is 5.10 Å². The van der Waals surface area contributed by atoms with Crippen LogP contribution in [0.5, 0.6) is 0 Å². The maximum absolute atomic E-state index is 13.1. The Balaban J connectivity index is 1.59. The van der Waals surface area contributed by atoms with Gasteiger partial charge >= 0.3 is 0 Å². The number of benzene rings is 2. The minimum absolute atomic E-state index is 0.0157. The van der Waals surface area contributed by atoms with Crippen molar-refractivity contribution in [3.05, 3.63) is 71.3 Å². The molecule has 1 amide bonds. The lowest BCUT2D eigenvalue weighted by molar-refractivity contribution is -0.134. The molecule has 0 saturated carbocycles. The highest BCUT2D eigenvalue weighted by Crippen LogP contribution is 2.33. The van der Waals surface area contributed by atoms with Crippen molar-refractivity contribution >= 4 is 11.6 Å². The van der Waals surface area contributed by atoms with E-state index in [1.54, 1.807) is 5.01 Å². The van der Waals surface area contributed by atoms with Crippen LogP contribution >= 0.6 is 0 Å². The van der Waals surface area contributed by atoms with Crippen molar-refractivity contribution in [2.75, 3.05) is 19.6 Å². The molecule has 2 aromatic carbocycles. The van der Waals surface area contributed by atoms with E-state index in [0.717, 1.165) is 36.3 Å². The minimum Gasteiger partial charge on any atom is -0.294 e. The van der Waals surface area contributed by atoms with Crippen LogP contribution in [0.15, 0.2) is 59.7 Å². The molecular weight excluding hydrogens is 334 g/mol. The van der Waals surface area contributed by atoms with Gasteiger partial charge < -0.3 is 0 Å². The molecule has 0 radical (unpaired) electrons. The molecule has 0 bridgehead atoms. The van der Waals surface area contributed by atoms with Crippen LogP contribution in [0.1, 0.15) is 48.4 Å². The molecule has 27 heavy (non-hydrogen) atoms. The van der Waals surface area contributed by atoms with Crippen molar-refractivity contribution in [3.8, 4) is 0 Å². The van der Waals surface area contributed by atoms with E-state index < -0.39 is 0 Å². The van der Waals surface area contributed by atoms with Gasteiger partial charge in [0.2, 0.25) is 0 Å². The highest BCUT2D eigenvalue weighted by atomic mass is 16.2. The monoisotopic (exact) mass is 361 g/mol.